The minimum Gasteiger partial charge on any atom is -0.292 e. The molecule has 1 saturated carbocycles. The van der Waals surface area contributed by atoms with Crippen molar-refractivity contribution in [3.63, 3.8) is 0 Å². The molecule has 1 aromatic rings. The molecule has 120 valence electrons. The van der Waals surface area contributed by atoms with Crippen LogP contribution in [0.4, 0.5) is 0 Å². The molecule has 4 rings (SSSR count). The number of allylic oxidation sites excluding steroid dienone is 1. The second-order valence-corrected chi connectivity index (χ2v) is 8.28. The first kappa shape index (κ1) is 15.3. The minimum absolute atomic E-state index is 0.0516. The van der Waals surface area contributed by atoms with Crippen LogP contribution < -0.4 is 0 Å². The molecule has 3 aliphatic rings. The van der Waals surface area contributed by atoms with Gasteiger partial charge in [0.15, 0.2) is 0 Å². The van der Waals surface area contributed by atoms with Crippen molar-refractivity contribution in [3.8, 4) is 6.07 Å². The lowest BCUT2D eigenvalue weighted by atomic mass is 9.92. The number of amides is 1. The summed E-state index contributed by atoms with van der Waals surface area (Å²) in [5.74, 6) is 1.00. The maximum Gasteiger partial charge on any atom is 0.229 e. The molecule has 23 heavy (non-hydrogen) atoms. The first-order valence-corrected chi connectivity index (χ1v) is 9.99. The van der Waals surface area contributed by atoms with Gasteiger partial charge in [-0.25, -0.2) is 0 Å². The molecular formula is C17H19N3OS2. The van der Waals surface area contributed by atoms with E-state index in [0.717, 1.165) is 21.4 Å². The number of nitriles is 1. The van der Waals surface area contributed by atoms with E-state index >= 15 is 0 Å². The maximum atomic E-state index is 12.7. The molecule has 1 amide bonds. The first-order valence-electron chi connectivity index (χ1n) is 8.13. The molecule has 2 aliphatic heterocycles. The highest BCUT2D eigenvalue weighted by molar-refractivity contribution is 8.03. The van der Waals surface area contributed by atoms with Gasteiger partial charge in [-0.3, -0.25) is 14.6 Å². The van der Waals surface area contributed by atoms with E-state index in [1.54, 1.807) is 23.1 Å². The van der Waals surface area contributed by atoms with E-state index in [-0.39, 0.29) is 11.8 Å². The summed E-state index contributed by atoms with van der Waals surface area (Å²) in [4.78, 5) is 18.1. The van der Waals surface area contributed by atoms with Crippen LogP contribution in [0.2, 0.25) is 0 Å². The zero-order chi connectivity index (χ0) is 15.8. The van der Waals surface area contributed by atoms with E-state index in [2.05, 4.69) is 11.0 Å². The van der Waals surface area contributed by atoms with Crippen molar-refractivity contribution in [2.75, 3.05) is 12.5 Å². The lowest BCUT2D eigenvalue weighted by Crippen LogP contribution is -2.50. The van der Waals surface area contributed by atoms with Crippen molar-refractivity contribution in [1.82, 2.24) is 9.80 Å². The number of fused-ring (bicyclic) bond motifs is 1. The van der Waals surface area contributed by atoms with E-state index < -0.39 is 0 Å². The normalized spacial score (nSPS) is 26.5. The lowest BCUT2D eigenvalue weighted by Gasteiger charge is -2.43. The Morgan fingerprint density at radius 2 is 2.13 bits per heavy atom. The van der Waals surface area contributed by atoms with Crippen molar-refractivity contribution in [3.05, 3.63) is 33.0 Å². The summed E-state index contributed by atoms with van der Waals surface area (Å²) < 4.78 is 0. The molecule has 0 spiro atoms. The summed E-state index contributed by atoms with van der Waals surface area (Å²) in [7, 11) is 0. The highest BCUT2D eigenvalue weighted by Gasteiger charge is 2.40. The topological polar surface area (TPSA) is 47.3 Å². The monoisotopic (exact) mass is 345 g/mol. The molecule has 6 heteroatoms. The van der Waals surface area contributed by atoms with E-state index in [1.807, 2.05) is 22.4 Å². The molecule has 0 radical (unpaired) electrons. The molecule has 1 unspecified atom stereocenters. The molecule has 4 nitrogen and oxygen atoms in total. The lowest BCUT2D eigenvalue weighted by molar-refractivity contribution is -0.132. The van der Waals surface area contributed by atoms with Crippen LogP contribution in [-0.4, -0.2) is 34.3 Å². The van der Waals surface area contributed by atoms with Gasteiger partial charge in [0.1, 0.15) is 0 Å². The van der Waals surface area contributed by atoms with Crippen LogP contribution in [0, 0.1) is 11.3 Å². The number of carbonyl (C=O) groups excluding carboxylic acids is 1. The van der Waals surface area contributed by atoms with Crippen molar-refractivity contribution in [2.45, 2.75) is 44.1 Å². The first-order chi connectivity index (χ1) is 11.3. The average Bonchev–Trinajstić information content (AvgIpc) is 3.28. The van der Waals surface area contributed by atoms with Gasteiger partial charge in [-0.15, -0.1) is 11.3 Å². The van der Waals surface area contributed by atoms with Crippen molar-refractivity contribution in [1.29, 1.82) is 5.26 Å². The average molecular weight is 345 g/mol. The molecule has 0 bridgehead atoms. The Balaban J connectivity index is 1.63. The zero-order valence-electron chi connectivity index (χ0n) is 12.9. The fourth-order valence-electron chi connectivity index (χ4n) is 3.81. The quantitative estimate of drug-likeness (QED) is 0.820. The van der Waals surface area contributed by atoms with Gasteiger partial charge in [-0.05, 0) is 24.3 Å². The minimum atomic E-state index is -0.0516. The van der Waals surface area contributed by atoms with E-state index in [0.29, 0.717) is 19.1 Å². The third-order valence-corrected chi connectivity index (χ3v) is 7.20. The molecule has 0 N–H and O–H groups in total. The number of thioether (sulfide) groups is 1. The number of hydrogen-bond donors (Lipinski definition) is 0. The Morgan fingerprint density at radius 1 is 1.30 bits per heavy atom. The SMILES string of the molecule is N#CC1=C2SCN(C3CCCC3)CN2C(=O)CC1c1cccs1. The zero-order valence-corrected chi connectivity index (χ0v) is 14.5. The summed E-state index contributed by atoms with van der Waals surface area (Å²) in [5, 5.41) is 12.6. The molecule has 1 aliphatic carbocycles. The van der Waals surface area contributed by atoms with Gasteiger partial charge >= 0.3 is 0 Å². The van der Waals surface area contributed by atoms with Crippen LogP contribution in [0.1, 0.15) is 42.9 Å². The van der Waals surface area contributed by atoms with Gasteiger partial charge in [-0.1, -0.05) is 30.7 Å². The second-order valence-electron chi connectivity index (χ2n) is 6.37. The number of hydrogen-bond acceptors (Lipinski definition) is 5. The van der Waals surface area contributed by atoms with Crippen molar-refractivity contribution < 1.29 is 4.79 Å². The molecular weight excluding hydrogens is 326 g/mol. The third kappa shape index (κ3) is 2.71. The summed E-state index contributed by atoms with van der Waals surface area (Å²) in [6, 6.07) is 7.04. The van der Waals surface area contributed by atoms with Gasteiger partial charge in [0.05, 0.1) is 29.2 Å². The smallest absolute Gasteiger partial charge is 0.229 e. The van der Waals surface area contributed by atoms with Gasteiger partial charge in [-0.2, -0.15) is 5.26 Å². The Hall–Kier alpha value is -1.29. The Kier molecular flexibility index (Phi) is 4.18. The van der Waals surface area contributed by atoms with Gasteiger partial charge in [0.25, 0.3) is 0 Å². The molecule has 2 fully saturated rings. The summed E-state index contributed by atoms with van der Waals surface area (Å²) >= 11 is 3.31. The van der Waals surface area contributed by atoms with E-state index in [4.69, 9.17) is 0 Å². The summed E-state index contributed by atoms with van der Waals surface area (Å²) in [5.41, 5.74) is 0.781. The van der Waals surface area contributed by atoms with Gasteiger partial charge in [0, 0.05) is 23.3 Å². The Morgan fingerprint density at radius 3 is 2.83 bits per heavy atom. The van der Waals surface area contributed by atoms with Crippen LogP contribution in [-0.2, 0) is 4.79 Å². The fraction of sp³-hybridized carbons (Fsp3) is 0.529. The van der Waals surface area contributed by atoms with Crippen molar-refractivity contribution >= 4 is 29.0 Å². The molecule has 0 aromatic carbocycles. The predicted molar refractivity (Wildman–Crippen MR) is 92.6 cm³/mol. The molecule has 1 aromatic heterocycles. The number of rotatable bonds is 2. The van der Waals surface area contributed by atoms with Crippen LogP contribution >= 0.6 is 23.1 Å². The number of carbonyl (C=O) groups is 1. The highest BCUT2D eigenvalue weighted by atomic mass is 32.2. The summed E-state index contributed by atoms with van der Waals surface area (Å²) in [6.07, 6.45) is 5.50. The van der Waals surface area contributed by atoms with Crippen LogP contribution in [0.5, 0.6) is 0 Å². The molecule has 1 saturated heterocycles. The van der Waals surface area contributed by atoms with E-state index in [9.17, 15) is 10.1 Å². The number of thiophene rings is 1. The standard InChI is InChI=1S/C17H19N3OS2/c18-9-14-13(15-6-3-7-22-15)8-16(21)20-10-19(11-23-17(14)20)12-4-1-2-5-12/h3,6-7,12-13H,1-2,4-5,8,10-11H2. The number of nitrogens with zero attached hydrogens (tertiary/aromatic N) is 3. The highest BCUT2D eigenvalue weighted by Crippen LogP contribution is 2.44. The van der Waals surface area contributed by atoms with Gasteiger partial charge in [0.2, 0.25) is 5.91 Å². The van der Waals surface area contributed by atoms with Crippen molar-refractivity contribution in [2.24, 2.45) is 0 Å². The van der Waals surface area contributed by atoms with E-state index in [1.165, 1.54) is 25.7 Å². The predicted octanol–water partition coefficient (Wildman–Crippen LogP) is 3.71. The Labute approximate surface area is 144 Å². The maximum absolute atomic E-state index is 12.7. The third-order valence-electron chi connectivity index (χ3n) is 5.04. The molecule has 1 atom stereocenters. The molecule has 3 heterocycles. The fourth-order valence-corrected chi connectivity index (χ4v) is 5.88. The van der Waals surface area contributed by atoms with Crippen LogP contribution in [0.3, 0.4) is 0 Å². The summed E-state index contributed by atoms with van der Waals surface area (Å²) in [6.45, 7) is 0.661. The van der Waals surface area contributed by atoms with Gasteiger partial charge < -0.3 is 0 Å². The Bertz CT molecular complexity index is 671. The largest absolute Gasteiger partial charge is 0.292 e. The second kappa shape index (κ2) is 6.31. The van der Waals surface area contributed by atoms with Crippen LogP contribution in [0.15, 0.2) is 28.1 Å². The van der Waals surface area contributed by atoms with Crippen LogP contribution in [0.25, 0.3) is 0 Å².